The molecule has 0 spiro atoms. The van der Waals surface area contributed by atoms with Crippen LogP contribution in [0.1, 0.15) is 6.42 Å². The van der Waals surface area contributed by atoms with Gasteiger partial charge in [-0.15, -0.1) is 0 Å². The zero-order chi connectivity index (χ0) is 11.1. The fraction of sp³-hybridized carbons (Fsp3) is 0.417. The van der Waals surface area contributed by atoms with Crippen molar-refractivity contribution in [1.82, 2.24) is 0 Å². The monoisotopic (exact) mass is 221 g/mol. The molecule has 0 aliphatic carbocycles. The molecular weight excluding hydrogens is 202 g/mol. The fourth-order valence-corrected chi connectivity index (χ4v) is 2.23. The van der Waals surface area contributed by atoms with E-state index in [0.717, 1.165) is 18.2 Å². The van der Waals surface area contributed by atoms with E-state index < -0.39 is 8.32 Å². The van der Waals surface area contributed by atoms with Crippen LogP contribution in [0, 0.1) is 0 Å². The molecule has 0 heterocycles. The standard InChI is InChI=1S/C12H19NOSi/c1-14-15(2,3)11-7-10-13-12-8-5-4-6-9-12/h4-6,8-10H,7,11H2,1-3H3. The van der Waals surface area contributed by atoms with Crippen molar-refractivity contribution in [3.63, 3.8) is 0 Å². The predicted molar refractivity (Wildman–Crippen MR) is 68.5 cm³/mol. The molecule has 1 aromatic rings. The molecule has 0 N–H and O–H groups in total. The van der Waals surface area contributed by atoms with Crippen LogP contribution in [0.2, 0.25) is 19.1 Å². The Bertz CT molecular complexity index is 309. The zero-order valence-corrected chi connectivity index (χ0v) is 10.7. The Hall–Kier alpha value is -0.933. The van der Waals surface area contributed by atoms with E-state index in [1.54, 1.807) is 7.11 Å². The van der Waals surface area contributed by atoms with Crippen molar-refractivity contribution in [2.24, 2.45) is 4.99 Å². The molecule has 1 rings (SSSR count). The van der Waals surface area contributed by atoms with Crippen LogP contribution in [0.25, 0.3) is 0 Å². The van der Waals surface area contributed by atoms with E-state index in [0.29, 0.717) is 0 Å². The Morgan fingerprint density at radius 2 is 1.93 bits per heavy atom. The van der Waals surface area contributed by atoms with E-state index in [4.69, 9.17) is 4.43 Å². The van der Waals surface area contributed by atoms with Crippen LogP contribution in [0.4, 0.5) is 5.69 Å². The van der Waals surface area contributed by atoms with Crippen molar-refractivity contribution >= 4 is 20.2 Å². The van der Waals surface area contributed by atoms with Gasteiger partial charge in [0.2, 0.25) is 0 Å². The number of hydrogen-bond donors (Lipinski definition) is 0. The molecule has 82 valence electrons. The van der Waals surface area contributed by atoms with Crippen molar-refractivity contribution in [3.05, 3.63) is 30.3 Å². The first kappa shape index (κ1) is 12.1. The predicted octanol–water partition coefficient (Wildman–Crippen LogP) is 3.63. The largest absolute Gasteiger partial charge is 0.420 e. The number of hydrogen-bond acceptors (Lipinski definition) is 2. The van der Waals surface area contributed by atoms with Crippen molar-refractivity contribution < 1.29 is 4.43 Å². The molecule has 1 aromatic carbocycles. The van der Waals surface area contributed by atoms with Crippen LogP contribution in [-0.2, 0) is 4.43 Å². The van der Waals surface area contributed by atoms with Crippen LogP contribution in [-0.4, -0.2) is 21.6 Å². The van der Waals surface area contributed by atoms with E-state index in [9.17, 15) is 0 Å². The number of para-hydroxylation sites is 1. The minimum atomic E-state index is -1.41. The molecule has 0 amide bonds. The molecule has 3 heteroatoms. The number of aliphatic imine (C=N–C) groups is 1. The van der Waals surface area contributed by atoms with E-state index >= 15 is 0 Å². The maximum Gasteiger partial charge on any atom is 0.186 e. The molecule has 0 radical (unpaired) electrons. The van der Waals surface area contributed by atoms with E-state index in [1.165, 1.54) is 0 Å². The van der Waals surface area contributed by atoms with Crippen molar-refractivity contribution in [2.75, 3.05) is 7.11 Å². The van der Waals surface area contributed by atoms with Crippen LogP contribution in [0.5, 0.6) is 0 Å². The molecule has 15 heavy (non-hydrogen) atoms. The lowest BCUT2D eigenvalue weighted by molar-refractivity contribution is 0.404. The minimum absolute atomic E-state index is 1.00. The van der Waals surface area contributed by atoms with Gasteiger partial charge in [-0.3, -0.25) is 4.99 Å². The third-order valence-corrected chi connectivity index (χ3v) is 5.02. The molecular formula is C12H19NOSi. The Morgan fingerprint density at radius 3 is 2.53 bits per heavy atom. The quantitative estimate of drug-likeness (QED) is 0.549. The van der Waals surface area contributed by atoms with Gasteiger partial charge < -0.3 is 4.43 Å². The summed E-state index contributed by atoms with van der Waals surface area (Å²) in [5.41, 5.74) is 1.02. The summed E-state index contributed by atoms with van der Waals surface area (Å²) in [5.74, 6) is 0. The molecule has 0 atom stereocenters. The Kier molecular flexibility index (Phi) is 4.72. The highest BCUT2D eigenvalue weighted by molar-refractivity contribution is 6.71. The first-order chi connectivity index (χ1) is 7.14. The van der Waals surface area contributed by atoms with Gasteiger partial charge >= 0.3 is 0 Å². The highest BCUT2D eigenvalue weighted by atomic mass is 28.4. The van der Waals surface area contributed by atoms with Crippen molar-refractivity contribution in [2.45, 2.75) is 25.6 Å². The second-order valence-corrected chi connectivity index (χ2v) is 8.58. The molecule has 0 aliphatic heterocycles. The lowest BCUT2D eigenvalue weighted by Crippen LogP contribution is -2.27. The van der Waals surface area contributed by atoms with Gasteiger partial charge in [-0.2, -0.15) is 0 Å². The summed E-state index contributed by atoms with van der Waals surface area (Å²) in [7, 11) is 0.399. The lowest BCUT2D eigenvalue weighted by Gasteiger charge is -2.18. The Balaban J connectivity index is 2.35. The van der Waals surface area contributed by atoms with E-state index in [-0.39, 0.29) is 0 Å². The lowest BCUT2D eigenvalue weighted by atomic mass is 10.3. The van der Waals surface area contributed by atoms with Gasteiger partial charge in [0, 0.05) is 13.3 Å². The summed E-state index contributed by atoms with van der Waals surface area (Å²) < 4.78 is 5.47. The Morgan fingerprint density at radius 1 is 1.27 bits per heavy atom. The normalized spacial score (nSPS) is 12.2. The molecule has 0 saturated heterocycles. The fourth-order valence-electron chi connectivity index (χ4n) is 1.20. The third kappa shape index (κ3) is 4.90. The topological polar surface area (TPSA) is 21.6 Å². The first-order valence-electron chi connectivity index (χ1n) is 5.27. The summed E-state index contributed by atoms with van der Waals surface area (Å²) in [4.78, 5) is 4.39. The average molecular weight is 221 g/mol. The van der Waals surface area contributed by atoms with Crippen LogP contribution >= 0.6 is 0 Å². The minimum Gasteiger partial charge on any atom is -0.420 e. The summed E-state index contributed by atoms with van der Waals surface area (Å²) in [6.45, 7) is 4.45. The van der Waals surface area contributed by atoms with Gasteiger partial charge in [0.25, 0.3) is 0 Å². The molecule has 0 saturated carbocycles. The average Bonchev–Trinajstić information content (AvgIpc) is 2.26. The molecule has 0 unspecified atom stereocenters. The molecule has 0 fully saturated rings. The SMILES string of the molecule is CO[Si](C)(C)CCC=Nc1ccccc1. The number of nitrogens with zero attached hydrogens (tertiary/aromatic N) is 1. The maximum absolute atomic E-state index is 5.47. The van der Waals surface area contributed by atoms with Gasteiger partial charge in [-0.25, -0.2) is 0 Å². The van der Waals surface area contributed by atoms with E-state index in [2.05, 4.69) is 18.1 Å². The van der Waals surface area contributed by atoms with Gasteiger partial charge in [0.1, 0.15) is 0 Å². The summed E-state index contributed by atoms with van der Waals surface area (Å²) >= 11 is 0. The third-order valence-electron chi connectivity index (χ3n) is 2.42. The zero-order valence-electron chi connectivity index (χ0n) is 9.73. The highest BCUT2D eigenvalue weighted by Crippen LogP contribution is 2.13. The summed E-state index contributed by atoms with van der Waals surface area (Å²) in [5, 5.41) is 0. The smallest absolute Gasteiger partial charge is 0.186 e. The first-order valence-corrected chi connectivity index (χ1v) is 8.38. The molecule has 0 aliphatic rings. The van der Waals surface area contributed by atoms with Crippen LogP contribution in [0.15, 0.2) is 35.3 Å². The van der Waals surface area contributed by atoms with Gasteiger partial charge in [-0.05, 0) is 37.7 Å². The second-order valence-electron chi connectivity index (χ2n) is 4.15. The number of benzene rings is 1. The van der Waals surface area contributed by atoms with Gasteiger partial charge in [-0.1, -0.05) is 18.2 Å². The number of rotatable bonds is 5. The van der Waals surface area contributed by atoms with Gasteiger partial charge in [0.15, 0.2) is 8.32 Å². The maximum atomic E-state index is 5.47. The summed E-state index contributed by atoms with van der Waals surface area (Å²) in [6.07, 6.45) is 2.99. The van der Waals surface area contributed by atoms with Crippen LogP contribution < -0.4 is 0 Å². The Labute approximate surface area is 93.1 Å². The molecule has 0 bridgehead atoms. The van der Waals surface area contributed by atoms with Crippen molar-refractivity contribution in [1.29, 1.82) is 0 Å². The second kappa shape index (κ2) is 5.83. The van der Waals surface area contributed by atoms with Crippen molar-refractivity contribution in [3.8, 4) is 0 Å². The van der Waals surface area contributed by atoms with E-state index in [1.807, 2.05) is 36.5 Å². The van der Waals surface area contributed by atoms with Crippen LogP contribution in [0.3, 0.4) is 0 Å². The molecule has 0 aromatic heterocycles. The van der Waals surface area contributed by atoms with Gasteiger partial charge in [0.05, 0.1) is 5.69 Å². The summed E-state index contributed by atoms with van der Waals surface area (Å²) in [6, 6.07) is 11.1. The highest BCUT2D eigenvalue weighted by Gasteiger charge is 2.18. The molecule has 2 nitrogen and oxygen atoms in total.